The largest absolute Gasteiger partial charge is 0.494 e. The molecule has 0 unspecified atom stereocenters. The van der Waals surface area contributed by atoms with Gasteiger partial charge in [-0.3, -0.25) is 0 Å². The predicted molar refractivity (Wildman–Crippen MR) is 100 cm³/mol. The SMILES string of the molecule is CCOc1ccc(S(=O)(=O)NCC2([NH+]3CCOCC3)CCCCC2)cc1. The van der Waals surface area contributed by atoms with E-state index in [4.69, 9.17) is 9.47 Å². The van der Waals surface area contributed by atoms with E-state index in [9.17, 15) is 8.42 Å². The number of hydrogen-bond donors (Lipinski definition) is 2. The maximum absolute atomic E-state index is 12.8. The Bertz CT molecular complexity index is 663. The van der Waals surface area contributed by atoms with Gasteiger partial charge in [-0.15, -0.1) is 0 Å². The highest BCUT2D eigenvalue weighted by Gasteiger charge is 2.43. The summed E-state index contributed by atoms with van der Waals surface area (Å²) in [5, 5.41) is 0. The second-order valence-electron chi connectivity index (χ2n) is 7.29. The van der Waals surface area contributed by atoms with Crippen molar-refractivity contribution in [2.24, 2.45) is 0 Å². The highest BCUT2D eigenvalue weighted by atomic mass is 32.2. The maximum atomic E-state index is 12.8. The van der Waals surface area contributed by atoms with Crippen molar-refractivity contribution >= 4 is 10.0 Å². The van der Waals surface area contributed by atoms with Gasteiger partial charge in [0.1, 0.15) is 24.4 Å². The Morgan fingerprint density at radius 2 is 1.77 bits per heavy atom. The summed E-state index contributed by atoms with van der Waals surface area (Å²) in [6.45, 7) is 6.43. The summed E-state index contributed by atoms with van der Waals surface area (Å²) in [6.07, 6.45) is 5.75. The molecule has 2 fully saturated rings. The fraction of sp³-hybridized carbons (Fsp3) is 0.684. The number of nitrogens with one attached hydrogen (secondary N) is 2. The van der Waals surface area contributed by atoms with E-state index in [1.165, 1.54) is 24.2 Å². The normalized spacial score (nSPS) is 21.4. The Labute approximate surface area is 156 Å². The van der Waals surface area contributed by atoms with Crippen molar-refractivity contribution in [3.8, 4) is 5.75 Å². The van der Waals surface area contributed by atoms with Crippen molar-refractivity contribution in [3.05, 3.63) is 24.3 Å². The summed E-state index contributed by atoms with van der Waals surface area (Å²) in [5.74, 6) is 0.688. The maximum Gasteiger partial charge on any atom is 0.240 e. The molecule has 0 spiro atoms. The number of sulfonamides is 1. The lowest BCUT2D eigenvalue weighted by molar-refractivity contribution is -0.960. The minimum absolute atomic E-state index is 0.000360. The minimum Gasteiger partial charge on any atom is -0.494 e. The highest BCUT2D eigenvalue weighted by molar-refractivity contribution is 7.89. The standard InChI is InChI=1S/C19H30N2O4S/c1-2-25-17-6-8-18(9-7-17)26(22,23)20-16-19(10-4-3-5-11-19)21-12-14-24-15-13-21/h6-9,20H,2-5,10-16H2,1H3/p+1. The second kappa shape index (κ2) is 8.69. The van der Waals surface area contributed by atoms with E-state index in [1.807, 2.05) is 6.92 Å². The van der Waals surface area contributed by atoms with Crippen molar-refractivity contribution in [3.63, 3.8) is 0 Å². The van der Waals surface area contributed by atoms with Crippen molar-refractivity contribution in [2.45, 2.75) is 49.5 Å². The van der Waals surface area contributed by atoms with Gasteiger partial charge >= 0.3 is 0 Å². The van der Waals surface area contributed by atoms with Gasteiger partial charge in [0.05, 0.1) is 31.3 Å². The Hall–Kier alpha value is -1.15. The van der Waals surface area contributed by atoms with Crippen LogP contribution in [0.4, 0.5) is 0 Å². The fourth-order valence-corrected chi connectivity index (χ4v) is 5.36. The van der Waals surface area contributed by atoms with Gasteiger partial charge in [0.15, 0.2) is 0 Å². The van der Waals surface area contributed by atoms with Gasteiger partial charge in [0, 0.05) is 12.8 Å². The molecular formula is C19H31N2O4S+. The molecule has 0 aromatic heterocycles. The lowest BCUT2D eigenvalue weighted by Crippen LogP contribution is -3.23. The topological polar surface area (TPSA) is 69.1 Å². The summed E-state index contributed by atoms with van der Waals surface area (Å²) in [4.78, 5) is 1.79. The molecule has 146 valence electrons. The van der Waals surface area contributed by atoms with Crippen molar-refractivity contribution in [1.82, 2.24) is 4.72 Å². The zero-order valence-electron chi connectivity index (χ0n) is 15.6. The van der Waals surface area contributed by atoms with Crippen LogP contribution in [0, 0.1) is 0 Å². The van der Waals surface area contributed by atoms with Crippen LogP contribution in [0.2, 0.25) is 0 Å². The van der Waals surface area contributed by atoms with E-state index in [2.05, 4.69) is 4.72 Å². The fourth-order valence-electron chi connectivity index (χ4n) is 4.23. The first-order valence-electron chi connectivity index (χ1n) is 9.71. The molecule has 0 atom stereocenters. The van der Waals surface area contributed by atoms with Crippen LogP contribution in [-0.4, -0.2) is 53.4 Å². The third kappa shape index (κ3) is 4.57. The average Bonchev–Trinajstić information content (AvgIpc) is 2.69. The zero-order chi connectivity index (χ0) is 18.5. The minimum atomic E-state index is -3.52. The van der Waals surface area contributed by atoms with Gasteiger partial charge in [0.25, 0.3) is 0 Å². The molecule has 1 aromatic rings. The van der Waals surface area contributed by atoms with E-state index in [-0.39, 0.29) is 5.54 Å². The van der Waals surface area contributed by atoms with Crippen LogP contribution in [0.25, 0.3) is 0 Å². The van der Waals surface area contributed by atoms with Crippen LogP contribution >= 0.6 is 0 Å². The monoisotopic (exact) mass is 383 g/mol. The van der Waals surface area contributed by atoms with Gasteiger partial charge in [-0.05, 0) is 44.0 Å². The highest BCUT2D eigenvalue weighted by Crippen LogP contribution is 2.26. The second-order valence-corrected chi connectivity index (χ2v) is 9.05. The Balaban J connectivity index is 1.70. The molecule has 0 bridgehead atoms. The van der Waals surface area contributed by atoms with Crippen molar-refractivity contribution in [1.29, 1.82) is 0 Å². The van der Waals surface area contributed by atoms with Crippen LogP contribution in [0.3, 0.4) is 0 Å². The average molecular weight is 384 g/mol. The number of rotatable bonds is 7. The first-order chi connectivity index (χ1) is 12.6. The quantitative estimate of drug-likeness (QED) is 0.737. The first-order valence-corrected chi connectivity index (χ1v) is 11.2. The summed E-state index contributed by atoms with van der Waals surface area (Å²) >= 11 is 0. The molecule has 1 aromatic carbocycles. The molecule has 26 heavy (non-hydrogen) atoms. The molecule has 1 saturated carbocycles. The Kier molecular flexibility index (Phi) is 6.55. The van der Waals surface area contributed by atoms with Crippen molar-refractivity contribution < 1.29 is 22.8 Å². The van der Waals surface area contributed by atoms with Gasteiger partial charge in [-0.2, -0.15) is 0 Å². The molecule has 1 aliphatic carbocycles. The molecule has 2 aliphatic rings. The zero-order valence-corrected chi connectivity index (χ0v) is 16.4. The van der Waals surface area contributed by atoms with Crippen LogP contribution in [0.15, 0.2) is 29.2 Å². The third-order valence-electron chi connectivity index (χ3n) is 5.70. The lowest BCUT2D eigenvalue weighted by atomic mass is 9.80. The molecule has 1 saturated heterocycles. The molecular weight excluding hydrogens is 352 g/mol. The lowest BCUT2D eigenvalue weighted by Gasteiger charge is -2.44. The molecule has 3 rings (SSSR count). The van der Waals surface area contributed by atoms with Gasteiger partial charge in [-0.1, -0.05) is 6.42 Å². The Morgan fingerprint density at radius 3 is 2.38 bits per heavy atom. The Morgan fingerprint density at radius 1 is 1.12 bits per heavy atom. The molecule has 1 aliphatic heterocycles. The first kappa shape index (κ1) is 19.6. The summed E-state index contributed by atoms with van der Waals surface area (Å²) in [7, 11) is -3.52. The predicted octanol–water partition coefficient (Wildman–Crippen LogP) is 0.982. The summed E-state index contributed by atoms with van der Waals surface area (Å²) < 4.78 is 39.4. The van der Waals surface area contributed by atoms with Crippen molar-refractivity contribution in [2.75, 3.05) is 39.5 Å². The molecule has 6 nitrogen and oxygen atoms in total. The number of quaternary nitrogens is 1. The molecule has 2 N–H and O–H groups in total. The van der Waals surface area contributed by atoms with E-state index < -0.39 is 10.0 Å². The third-order valence-corrected chi connectivity index (χ3v) is 7.12. The molecule has 0 amide bonds. The molecule has 0 radical (unpaired) electrons. The summed E-state index contributed by atoms with van der Waals surface area (Å²) in [5.41, 5.74) is 0.000360. The number of morpholine rings is 1. The van der Waals surface area contributed by atoms with Gasteiger partial charge < -0.3 is 14.4 Å². The van der Waals surface area contributed by atoms with E-state index >= 15 is 0 Å². The molecule has 7 heteroatoms. The van der Waals surface area contributed by atoms with Gasteiger partial charge in [0.2, 0.25) is 10.0 Å². The van der Waals surface area contributed by atoms with Crippen LogP contribution in [0.5, 0.6) is 5.75 Å². The van der Waals surface area contributed by atoms with Crippen LogP contribution in [0.1, 0.15) is 39.0 Å². The smallest absolute Gasteiger partial charge is 0.240 e. The van der Waals surface area contributed by atoms with E-state index in [0.717, 1.165) is 39.1 Å². The molecule has 1 heterocycles. The van der Waals surface area contributed by atoms with E-state index in [0.29, 0.717) is 23.8 Å². The number of benzene rings is 1. The van der Waals surface area contributed by atoms with E-state index in [1.54, 1.807) is 24.3 Å². The van der Waals surface area contributed by atoms with Crippen LogP contribution < -0.4 is 14.4 Å². The van der Waals surface area contributed by atoms with Crippen LogP contribution in [-0.2, 0) is 14.8 Å². The number of hydrogen-bond acceptors (Lipinski definition) is 4. The number of ether oxygens (including phenoxy) is 2. The summed E-state index contributed by atoms with van der Waals surface area (Å²) in [6, 6.07) is 6.65. The van der Waals surface area contributed by atoms with Gasteiger partial charge in [-0.25, -0.2) is 13.1 Å².